The second kappa shape index (κ2) is 4.72. The lowest BCUT2D eigenvalue weighted by Crippen LogP contribution is -2.25. The number of methoxy groups -OCH3 is 1. The van der Waals surface area contributed by atoms with Crippen molar-refractivity contribution in [2.45, 2.75) is 44.4 Å². The Morgan fingerprint density at radius 3 is 2.94 bits per heavy atom. The predicted molar refractivity (Wildman–Crippen MR) is 60.3 cm³/mol. The van der Waals surface area contributed by atoms with Gasteiger partial charge in [-0.15, -0.1) is 0 Å². The third-order valence-electron chi connectivity index (χ3n) is 3.45. The molecule has 1 aromatic rings. The van der Waals surface area contributed by atoms with Crippen LogP contribution in [0.3, 0.4) is 0 Å². The smallest absolute Gasteiger partial charge is 0.243 e. The Kier molecular flexibility index (Phi) is 3.46. The van der Waals surface area contributed by atoms with Crippen LogP contribution < -0.4 is 5.32 Å². The van der Waals surface area contributed by atoms with Gasteiger partial charge in [0, 0.05) is 13.7 Å². The summed E-state index contributed by atoms with van der Waals surface area (Å²) in [4.78, 5) is 4.36. The standard InChI is InChI=1S/C11H19N3O3/c1-4-11(2,16-3)10-13-9(17-14-10)8-5-7(15)6-12-8/h7-8,12,15H,4-6H2,1-3H3/t7?,8-,11?/m0/s1. The molecule has 6 nitrogen and oxygen atoms in total. The van der Waals surface area contributed by atoms with Crippen LogP contribution >= 0.6 is 0 Å². The number of aliphatic hydroxyl groups is 1. The first-order valence-electron chi connectivity index (χ1n) is 5.89. The summed E-state index contributed by atoms with van der Waals surface area (Å²) in [5, 5.41) is 16.5. The van der Waals surface area contributed by atoms with E-state index in [0.29, 0.717) is 24.7 Å². The van der Waals surface area contributed by atoms with Crippen molar-refractivity contribution >= 4 is 0 Å². The molecule has 0 aromatic carbocycles. The Morgan fingerprint density at radius 1 is 1.65 bits per heavy atom. The molecule has 2 N–H and O–H groups in total. The van der Waals surface area contributed by atoms with Crippen LogP contribution in [0.5, 0.6) is 0 Å². The van der Waals surface area contributed by atoms with Crippen LogP contribution in [0.1, 0.15) is 44.4 Å². The summed E-state index contributed by atoms with van der Waals surface area (Å²) in [6, 6.07) is -0.0517. The van der Waals surface area contributed by atoms with Crippen molar-refractivity contribution in [1.29, 1.82) is 0 Å². The highest BCUT2D eigenvalue weighted by Crippen LogP contribution is 2.28. The van der Waals surface area contributed by atoms with Crippen LogP contribution in [0.25, 0.3) is 0 Å². The third-order valence-corrected chi connectivity index (χ3v) is 3.45. The van der Waals surface area contributed by atoms with Crippen molar-refractivity contribution in [2.75, 3.05) is 13.7 Å². The minimum Gasteiger partial charge on any atom is -0.392 e. The first kappa shape index (κ1) is 12.5. The lowest BCUT2D eigenvalue weighted by molar-refractivity contribution is -0.0106. The number of hydrogen-bond acceptors (Lipinski definition) is 6. The van der Waals surface area contributed by atoms with Crippen LogP contribution in [0.2, 0.25) is 0 Å². The average molecular weight is 241 g/mol. The quantitative estimate of drug-likeness (QED) is 0.809. The number of nitrogens with one attached hydrogen (secondary N) is 1. The first-order chi connectivity index (χ1) is 8.09. The van der Waals surface area contributed by atoms with E-state index in [0.717, 1.165) is 6.42 Å². The molecule has 0 spiro atoms. The fourth-order valence-electron chi connectivity index (χ4n) is 1.89. The van der Waals surface area contributed by atoms with E-state index in [9.17, 15) is 5.11 Å². The van der Waals surface area contributed by atoms with Crippen molar-refractivity contribution in [3.8, 4) is 0 Å². The summed E-state index contributed by atoms with van der Waals surface area (Å²) in [5.41, 5.74) is -0.515. The van der Waals surface area contributed by atoms with Crippen molar-refractivity contribution in [3.05, 3.63) is 11.7 Å². The second-order valence-corrected chi connectivity index (χ2v) is 4.60. The second-order valence-electron chi connectivity index (χ2n) is 4.60. The molecular formula is C11H19N3O3. The Bertz CT molecular complexity index is 376. The molecule has 2 rings (SSSR count). The summed E-state index contributed by atoms with van der Waals surface area (Å²) in [5.74, 6) is 1.08. The molecular weight excluding hydrogens is 222 g/mol. The van der Waals surface area contributed by atoms with Gasteiger partial charge in [0.05, 0.1) is 12.1 Å². The maximum absolute atomic E-state index is 9.44. The molecule has 6 heteroatoms. The van der Waals surface area contributed by atoms with E-state index in [1.165, 1.54) is 0 Å². The maximum Gasteiger partial charge on any atom is 0.243 e. The highest BCUT2D eigenvalue weighted by Gasteiger charge is 2.33. The zero-order valence-electron chi connectivity index (χ0n) is 10.4. The van der Waals surface area contributed by atoms with E-state index >= 15 is 0 Å². The van der Waals surface area contributed by atoms with E-state index < -0.39 is 5.60 Å². The van der Waals surface area contributed by atoms with Gasteiger partial charge in [0.2, 0.25) is 11.7 Å². The normalized spacial score (nSPS) is 28.2. The van der Waals surface area contributed by atoms with Gasteiger partial charge in [-0.05, 0) is 19.8 Å². The van der Waals surface area contributed by atoms with Gasteiger partial charge in [-0.1, -0.05) is 12.1 Å². The molecule has 17 heavy (non-hydrogen) atoms. The number of hydrogen-bond donors (Lipinski definition) is 2. The van der Waals surface area contributed by atoms with Gasteiger partial charge in [-0.2, -0.15) is 4.98 Å². The Hall–Kier alpha value is -0.980. The van der Waals surface area contributed by atoms with Crippen LogP contribution in [-0.2, 0) is 10.3 Å². The van der Waals surface area contributed by atoms with E-state index in [1.54, 1.807) is 7.11 Å². The van der Waals surface area contributed by atoms with Gasteiger partial charge in [0.15, 0.2) is 0 Å². The molecule has 0 saturated carbocycles. The third kappa shape index (κ3) is 2.34. The summed E-state index contributed by atoms with van der Waals surface area (Å²) in [6.45, 7) is 4.51. The zero-order chi connectivity index (χ0) is 12.5. The van der Waals surface area contributed by atoms with Gasteiger partial charge in [-0.25, -0.2) is 0 Å². The Labute approximate surface area is 100 Å². The van der Waals surface area contributed by atoms with Crippen LogP contribution in [0, 0.1) is 0 Å². The van der Waals surface area contributed by atoms with E-state index in [-0.39, 0.29) is 12.1 Å². The SMILES string of the molecule is CCC(C)(OC)c1noc([C@@H]2CC(O)CN2)n1. The number of β-amino-alcohol motifs (C(OH)–C–C–N with tert-alkyl or cyclic N) is 1. The van der Waals surface area contributed by atoms with Crippen LogP contribution in [-0.4, -0.2) is 35.0 Å². The van der Waals surface area contributed by atoms with E-state index in [1.807, 2.05) is 13.8 Å². The first-order valence-corrected chi connectivity index (χ1v) is 5.89. The van der Waals surface area contributed by atoms with E-state index in [4.69, 9.17) is 9.26 Å². The number of rotatable bonds is 4. The van der Waals surface area contributed by atoms with Crippen LogP contribution in [0.4, 0.5) is 0 Å². The van der Waals surface area contributed by atoms with E-state index in [2.05, 4.69) is 15.5 Å². The fourth-order valence-corrected chi connectivity index (χ4v) is 1.89. The highest BCUT2D eigenvalue weighted by molar-refractivity contribution is 5.03. The topological polar surface area (TPSA) is 80.4 Å². The molecule has 0 bridgehead atoms. The minimum atomic E-state index is -0.515. The molecule has 2 heterocycles. The maximum atomic E-state index is 9.44. The molecule has 1 aromatic heterocycles. The van der Waals surface area contributed by atoms with Gasteiger partial charge in [-0.3, -0.25) is 0 Å². The monoisotopic (exact) mass is 241 g/mol. The highest BCUT2D eigenvalue weighted by atomic mass is 16.5. The molecule has 3 atom stereocenters. The molecule has 1 aliphatic heterocycles. The predicted octanol–water partition coefficient (Wildman–Crippen LogP) is 0.736. The van der Waals surface area contributed by atoms with Gasteiger partial charge < -0.3 is 19.7 Å². The molecule has 96 valence electrons. The lowest BCUT2D eigenvalue weighted by atomic mass is 10.0. The lowest BCUT2D eigenvalue weighted by Gasteiger charge is -2.21. The van der Waals surface area contributed by atoms with Gasteiger partial charge in [0.1, 0.15) is 5.60 Å². The Morgan fingerprint density at radius 2 is 2.41 bits per heavy atom. The minimum absolute atomic E-state index is 0.0517. The largest absolute Gasteiger partial charge is 0.392 e. The summed E-state index contributed by atoms with van der Waals surface area (Å²) in [6.07, 6.45) is 1.04. The number of ether oxygens (including phenoxy) is 1. The van der Waals surface area contributed by atoms with Crippen molar-refractivity contribution < 1.29 is 14.4 Å². The van der Waals surface area contributed by atoms with Gasteiger partial charge >= 0.3 is 0 Å². The molecule has 0 radical (unpaired) electrons. The van der Waals surface area contributed by atoms with Crippen molar-refractivity contribution in [3.63, 3.8) is 0 Å². The summed E-state index contributed by atoms with van der Waals surface area (Å²) in [7, 11) is 1.64. The number of nitrogens with zero attached hydrogens (tertiary/aromatic N) is 2. The van der Waals surface area contributed by atoms with Gasteiger partial charge in [0.25, 0.3) is 0 Å². The average Bonchev–Trinajstić information content (AvgIpc) is 2.96. The van der Waals surface area contributed by atoms with Crippen molar-refractivity contribution in [1.82, 2.24) is 15.5 Å². The number of aromatic nitrogens is 2. The van der Waals surface area contributed by atoms with Crippen LogP contribution in [0.15, 0.2) is 4.52 Å². The molecule has 0 aliphatic carbocycles. The Balaban J connectivity index is 2.15. The zero-order valence-corrected chi connectivity index (χ0v) is 10.4. The summed E-state index contributed by atoms with van der Waals surface area (Å²) >= 11 is 0. The molecule has 1 saturated heterocycles. The summed E-state index contributed by atoms with van der Waals surface area (Å²) < 4.78 is 10.6. The molecule has 2 unspecified atom stereocenters. The fraction of sp³-hybridized carbons (Fsp3) is 0.818. The molecule has 1 fully saturated rings. The van der Waals surface area contributed by atoms with Crippen molar-refractivity contribution in [2.24, 2.45) is 0 Å². The number of aliphatic hydroxyl groups excluding tert-OH is 1. The molecule has 1 aliphatic rings. The molecule has 0 amide bonds.